The summed E-state index contributed by atoms with van der Waals surface area (Å²) < 4.78 is 10.1. The van der Waals surface area contributed by atoms with E-state index in [0.717, 1.165) is 12.0 Å². The van der Waals surface area contributed by atoms with Gasteiger partial charge >= 0.3 is 5.97 Å². The minimum Gasteiger partial charge on any atom is -0.467 e. The predicted octanol–water partition coefficient (Wildman–Crippen LogP) is 2.01. The molecule has 1 fully saturated rings. The fourth-order valence-corrected chi connectivity index (χ4v) is 2.65. The van der Waals surface area contributed by atoms with Gasteiger partial charge in [0.2, 0.25) is 11.8 Å². The van der Waals surface area contributed by atoms with E-state index in [-0.39, 0.29) is 17.7 Å². The second kappa shape index (κ2) is 9.33. The average molecular weight is 362 g/mol. The summed E-state index contributed by atoms with van der Waals surface area (Å²) in [5, 5.41) is 5.68. The Balaban J connectivity index is 1.86. The molecule has 7 heteroatoms. The molecule has 1 heterocycles. The molecule has 1 saturated heterocycles. The quantitative estimate of drug-likeness (QED) is 0.724. The normalized spacial score (nSPS) is 20.3. The van der Waals surface area contributed by atoms with Crippen molar-refractivity contribution in [1.29, 1.82) is 0 Å². The van der Waals surface area contributed by atoms with Crippen LogP contribution in [0.2, 0.25) is 0 Å². The first kappa shape index (κ1) is 19.9. The van der Waals surface area contributed by atoms with Crippen LogP contribution < -0.4 is 10.6 Å². The Morgan fingerprint density at radius 3 is 2.69 bits per heavy atom. The molecule has 0 bridgehead atoms. The van der Waals surface area contributed by atoms with Crippen molar-refractivity contribution in [1.82, 2.24) is 5.32 Å². The van der Waals surface area contributed by atoms with Gasteiger partial charge in [0.1, 0.15) is 6.10 Å². The molecule has 1 aromatic carbocycles. The zero-order chi connectivity index (χ0) is 19.1. The highest BCUT2D eigenvalue weighted by atomic mass is 16.6. The van der Waals surface area contributed by atoms with Gasteiger partial charge in [-0.05, 0) is 37.0 Å². The van der Waals surface area contributed by atoms with Crippen LogP contribution in [0, 0.1) is 5.92 Å². The Kier molecular flexibility index (Phi) is 7.15. The first-order valence-electron chi connectivity index (χ1n) is 8.85. The summed E-state index contributed by atoms with van der Waals surface area (Å²) in [7, 11) is 1.30. The average Bonchev–Trinajstić information content (AvgIpc) is 3.15. The van der Waals surface area contributed by atoms with E-state index < -0.39 is 18.2 Å². The number of nitrogens with one attached hydrogen (secondary N) is 2. The SMILES string of the molecule is CC[C@H](C)C(=O)Nc1cccc(CNC(=O)[C@@H]2CC[C@H](C(=O)OC)O2)c1. The van der Waals surface area contributed by atoms with Crippen LogP contribution in [0.15, 0.2) is 24.3 Å². The molecule has 26 heavy (non-hydrogen) atoms. The van der Waals surface area contributed by atoms with Gasteiger partial charge in [-0.1, -0.05) is 26.0 Å². The van der Waals surface area contributed by atoms with Crippen LogP contribution in [0.3, 0.4) is 0 Å². The van der Waals surface area contributed by atoms with E-state index in [9.17, 15) is 14.4 Å². The Bertz CT molecular complexity index is 661. The van der Waals surface area contributed by atoms with Crippen molar-refractivity contribution in [3.05, 3.63) is 29.8 Å². The fraction of sp³-hybridized carbons (Fsp3) is 0.526. The van der Waals surface area contributed by atoms with E-state index in [4.69, 9.17) is 4.74 Å². The first-order chi connectivity index (χ1) is 12.4. The molecular formula is C19H26N2O5. The monoisotopic (exact) mass is 362 g/mol. The van der Waals surface area contributed by atoms with Crippen molar-refractivity contribution in [2.24, 2.45) is 5.92 Å². The predicted molar refractivity (Wildman–Crippen MR) is 96.3 cm³/mol. The lowest BCUT2D eigenvalue weighted by molar-refractivity contribution is -0.155. The molecule has 142 valence electrons. The molecule has 0 radical (unpaired) electrons. The third kappa shape index (κ3) is 5.29. The highest BCUT2D eigenvalue weighted by Gasteiger charge is 2.35. The Morgan fingerprint density at radius 1 is 1.27 bits per heavy atom. The van der Waals surface area contributed by atoms with Crippen molar-refractivity contribution in [2.45, 2.75) is 51.9 Å². The second-order valence-corrected chi connectivity index (χ2v) is 6.43. The molecule has 1 aliphatic heterocycles. The molecule has 0 aromatic heterocycles. The van der Waals surface area contributed by atoms with Gasteiger partial charge in [-0.15, -0.1) is 0 Å². The fourth-order valence-electron chi connectivity index (χ4n) is 2.65. The molecule has 0 saturated carbocycles. The van der Waals surface area contributed by atoms with Crippen LogP contribution in [0.1, 0.15) is 38.7 Å². The van der Waals surface area contributed by atoms with E-state index >= 15 is 0 Å². The number of rotatable bonds is 7. The lowest BCUT2D eigenvalue weighted by Crippen LogP contribution is -2.35. The molecule has 0 spiro atoms. The van der Waals surface area contributed by atoms with Crippen LogP contribution in [0.4, 0.5) is 5.69 Å². The summed E-state index contributed by atoms with van der Waals surface area (Å²) in [6.45, 7) is 4.16. The maximum Gasteiger partial charge on any atom is 0.335 e. The maximum absolute atomic E-state index is 12.2. The summed E-state index contributed by atoms with van der Waals surface area (Å²) in [6.07, 6.45) is 0.413. The van der Waals surface area contributed by atoms with Crippen LogP contribution in [-0.4, -0.2) is 37.1 Å². The summed E-state index contributed by atoms with van der Waals surface area (Å²) >= 11 is 0. The van der Waals surface area contributed by atoms with Gasteiger partial charge in [0.25, 0.3) is 0 Å². The molecule has 0 aliphatic carbocycles. The van der Waals surface area contributed by atoms with Gasteiger partial charge in [0.05, 0.1) is 7.11 Å². The lowest BCUT2D eigenvalue weighted by Gasteiger charge is -2.14. The molecule has 1 aromatic rings. The standard InChI is InChI=1S/C19H26N2O5/c1-4-12(2)17(22)21-14-7-5-6-13(10-14)11-20-18(23)15-8-9-16(26-15)19(24)25-3/h5-7,10,12,15-16H,4,8-9,11H2,1-3H3,(H,20,23)(H,21,22)/t12-,15-,16+/m0/s1. The van der Waals surface area contributed by atoms with Crippen LogP contribution >= 0.6 is 0 Å². The summed E-state index contributed by atoms with van der Waals surface area (Å²) in [6, 6.07) is 7.33. The van der Waals surface area contributed by atoms with Gasteiger partial charge < -0.3 is 20.1 Å². The van der Waals surface area contributed by atoms with Crippen LogP contribution in [0.5, 0.6) is 0 Å². The van der Waals surface area contributed by atoms with E-state index in [0.29, 0.717) is 25.1 Å². The van der Waals surface area contributed by atoms with E-state index in [1.165, 1.54) is 7.11 Å². The van der Waals surface area contributed by atoms with Crippen molar-refractivity contribution in [3.63, 3.8) is 0 Å². The molecule has 3 atom stereocenters. The first-order valence-corrected chi connectivity index (χ1v) is 8.85. The van der Waals surface area contributed by atoms with Crippen molar-refractivity contribution in [2.75, 3.05) is 12.4 Å². The second-order valence-electron chi connectivity index (χ2n) is 6.43. The highest BCUT2D eigenvalue weighted by molar-refractivity contribution is 5.92. The van der Waals surface area contributed by atoms with E-state index in [2.05, 4.69) is 15.4 Å². The number of esters is 1. The summed E-state index contributed by atoms with van der Waals surface area (Å²) in [5.74, 6) is -0.793. The van der Waals surface area contributed by atoms with E-state index in [1.54, 1.807) is 0 Å². The molecule has 1 aliphatic rings. The van der Waals surface area contributed by atoms with Crippen molar-refractivity contribution >= 4 is 23.5 Å². The number of hydrogen-bond donors (Lipinski definition) is 2. The van der Waals surface area contributed by atoms with Gasteiger partial charge in [-0.2, -0.15) is 0 Å². The number of amides is 2. The van der Waals surface area contributed by atoms with Crippen LogP contribution in [-0.2, 0) is 30.4 Å². The number of ether oxygens (including phenoxy) is 2. The number of benzene rings is 1. The minimum atomic E-state index is -0.671. The largest absolute Gasteiger partial charge is 0.467 e. The van der Waals surface area contributed by atoms with Gasteiger partial charge in [0.15, 0.2) is 6.10 Å². The maximum atomic E-state index is 12.2. The number of carbonyl (C=O) groups is 3. The summed E-state index contributed by atoms with van der Waals surface area (Å²) in [5.41, 5.74) is 1.56. The Labute approximate surface area is 153 Å². The summed E-state index contributed by atoms with van der Waals surface area (Å²) in [4.78, 5) is 35.6. The highest BCUT2D eigenvalue weighted by Crippen LogP contribution is 2.21. The van der Waals surface area contributed by atoms with Crippen LogP contribution in [0.25, 0.3) is 0 Å². The Hall–Kier alpha value is -2.41. The molecule has 7 nitrogen and oxygen atoms in total. The smallest absolute Gasteiger partial charge is 0.335 e. The number of methoxy groups -OCH3 is 1. The Morgan fingerprint density at radius 2 is 2.00 bits per heavy atom. The topological polar surface area (TPSA) is 93.7 Å². The van der Waals surface area contributed by atoms with Crippen molar-refractivity contribution in [3.8, 4) is 0 Å². The molecule has 2 N–H and O–H groups in total. The molecule has 2 amide bonds. The zero-order valence-electron chi connectivity index (χ0n) is 15.4. The van der Waals surface area contributed by atoms with Gasteiger partial charge in [-0.25, -0.2) is 4.79 Å². The number of hydrogen-bond acceptors (Lipinski definition) is 5. The molecular weight excluding hydrogens is 336 g/mol. The lowest BCUT2D eigenvalue weighted by atomic mass is 10.1. The van der Waals surface area contributed by atoms with E-state index in [1.807, 2.05) is 38.1 Å². The number of carbonyl (C=O) groups excluding carboxylic acids is 3. The molecule has 0 unspecified atom stereocenters. The third-order valence-electron chi connectivity index (χ3n) is 4.50. The minimum absolute atomic E-state index is 0.0260. The number of anilines is 1. The molecule has 2 rings (SSSR count). The third-order valence-corrected chi connectivity index (χ3v) is 4.50. The van der Waals surface area contributed by atoms with Gasteiger partial charge in [0, 0.05) is 18.2 Å². The van der Waals surface area contributed by atoms with Gasteiger partial charge in [-0.3, -0.25) is 9.59 Å². The van der Waals surface area contributed by atoms with Crippen molar-refractivity contribution < 1.29 is 23.9 Å². The zero-order valence-corrected chi connectivity index (χ0v) is 15.4.